The van der Waals surface area contributed by atoms with Crippen LogP contribution in [0.2, 0.25) is 0 Å². The number of thioether (sulfide) groups is 1. The van der Waals surface area contributed by atoms with Gasteiger partial charge in [-0.1, -0.05) is 0 Å². The molecule has 3 aliphatic heterocycles. The van der Waals surface area contributed by atoms with Crippen molar-refractivity contribution in [2.24, 2.45) is 5.73 Å². The lowest BCUT2D eigenvalue weighted by Gasteiger charge is -2.41. The lowest BCUT2D eigenvalue weighted by atomic mass is 9.94. The van der Waals surface area contributed by atoms with E-state index >= 15 is 0 Å². The zero-order valence-electron chi connectivity index (χ0n) is 10.9. The Morgan fingerprint density at radius 3 is 2.82 bits per heavy atom. The molecule has 0 aliphatic carbocycles. The molecule has 0 radical (unpaired) electrons. The van der Waals surface area contributed by atoms with Gasteiger partial charge in [-0.05, 0) is 38.5 Å². The molecule has 3 heterocycles. The number of likely N-dealkylation sites (N-methyl/N-ethyl adjacent to an activating group) is 1. The van der Waals surface area contributed by atoms with Crippen LogP contribution in [0.25, 0.3) is 0 Å². The number of rotatable bonds is 2. The largest absolute Gasteiger partial charge is 0.329 e. The highest BCUT2D eigenvalue weighted by atomic mass is 32.2. The molecular weight excluding hydrogens is 230 g/mol. The third-order valence-corrected chi connectivity index (χ3v) is 6.52. The van der Waals surface area contributed by atoms with Gasteiger partial charge in [0, 0.05) is 43.0 Å². The summed E-state index contributed by atoms with van der Waals surface area (Å²) in [6.07, 6.45) is 5.46. The molecule has 3 aliphatic rings. The van der Waals surface area contributed by atoms with Crippen molar-refractivity contribution in [3.8, 4) is 0 Å². The van der Waals surface area contributed by atoms with E-state index in [9.17, 15) is 0 Å². The predicted molar refractivity (Wildman–Crippen MR) is 74.5 cm³/mol. The molecule has 2 bridgehead atoms. The van der Waals surface area contributed by atoms with E-state index in [4.69, 9.17) is 5.73 Å². The first-order valence-corrected chi connectivity index (χ1v) is 8.15. The first-order chi connectivity index (χ1) is 8.25. The zero-order chi connectivity index (χ0) is 11.9. The Morgan fingerprint density at radius 1 is 1.29 bits per heavy atom. The van der Waals surface area contributed by atoms with Crippen LogP contribution in [0.5, 0.6) is 0 Å². The number of likely N-dealkylation sites (tertiary alicyclic amines) is 1. The van der Waals surface area contributed by atoms with Gasteiger partial charge in [0.15, 0.2) is 0 Å². The van der Waals surface area contributed by atoms with Gasteiger partial charge in [0.2, 0.25) is 0 Å². The third-order valence-electron chi connectivity index (χ3n) is 5.28. The van der Waals surface area contributed by atoms with E-state index in [0.717, 1.165) is 18.6 Å². The van der Waals surface area contributed by atoms with Gasteiger partial charge in [0.1, 0.15) is 0 Å². The molecule has 3 rings (SSSR count). The Balaban J connectivity index is 1.76. The van der Waals surface area contributed by atoms with Crippen LogP contribution >= 0.6 is 11.8 Å². The van der Waals surface area contributed by atoms with E-state index in [1.807, 2.05) is 0 Å². The Bertz CT molecular complexity index is 278. The van der Waals surface area contributed by atoms with Crippen molar-refractivity contribution < 1.29 is 0 Å². The average molecular weight is 255 g/mol. The van der Waals surface area contributed by atoms with Crippen molar-refractivity contribution >= 4 is 11.8 Å². The van der Waals surface area contributed by atoms with Crippen LogP contribution in [0.4, 0.5) is 0 Å². The third kappa shape index (κ3) is 2.03. The lowest BCUT2D eigenvalue weighted by molar-refractivity contribution is 0.103. The van der Waals surface area contributed by atoms with Gasteiger partial charge in [0.25, 0.3) is 0 Å². The van der Waals surface area contributed by atoms with Crippen molar-refractivity contribution in [3.05, 3.63) is 0 Å². The fourth-order valence-corrected chi connectivity index (χ4v) is 5.37. The minimum atomic E-state index is 0.329. The molecule has 0 aromatic carbocycles. The SMILES string of the molecule is CN1C2CCC1CN(C1(CN)CCSC1)CC2. The van der Waals surface area contributed by atoms with Gasteiger partial charge in [-0.25, -0.2) is 0 Å². The molecule has 3 fully saturated rings. The van der Waals surface area contributed by atoms with Crippen LogP contribution in [0.3, 0.4) is 0 Å². The maximum atomic E-state index is 6.11. The maximum absolute atomic E-state index is 6.11. The van der Waals surface area contributed by atoms with E-state index in [2.05, 4.69) is 28.6 Å². The molecule has 0 spiro atoms. The number of nitrogens with two attached hydrogens (primary N) is 1. The van der Waals surface area contributed by atoms with Crippen LogP contribution in [-0.2, 0) is 0 Å². The molecule has 98 valence electrons. The van der Waals surface area contributed by atoms with Crippen LogP contribution in [0.1, 0.15) is 25.7 Å². The van der Waals surface area contributed by atoms with Gasteiger partial charge < -0.3 is 5.73 Å². The van der Waals surface area contributed by atoms with Gasteiger partial charge >= 0.3 is 0 Å². The number of fused-ring (bicyclic) bond motifs is 2. The van der Waals surface area contributed by atoms with Crippen molar-refractivity contribution in [3.63, 3.8) is 0 Å². The minimum absolute atomic E-state index is 0.329. The Labute approximate surface area is 109 Å². The topological polar surface area (TPSA) is 32.5 Å². The molecule has 0 aromatic heterocycles. The highest BCUT2D eigenvalue weighted by molar-refractivity contribution is 7.99. The first kappa shape index (κ1) is 12.3. The second kappa shape index (κ2) is 4.72. The van der Waals surface area contributed by atoms with Gasteiger partial charge in [-0.3, -0.25) is 9.80 Å². The van der Waals surface area contributed by atoms with Gasteiger partial charge in [0.05, 0.1) is 0 Å². The van der Waals surface area contributed by atoms with E-state index in [1.165, 1.54) is 50.3 Å². The molecule has 0 aromatic rings. The lowest BCUT2D eigenvalue weighted by Crippen LogP contribution is -2.56. The molecule has 2 N–H and O–H groups in total. The molecule has 0 amide bonds. The molecule has 3 atom stereocenters. The molecule has 3 saturated heterocycles. The van der Waals surface area contributed by atoms with Gasteiger partial charge in [-0.2, -0.15) is 11.8 Å². The van der Waals surface area contributed by atoms with Crippen LogP contribution in [-0.4, -0.2) is 65.6 Å². The fourth-order valence-electron chi connectivity index (χ4n) is 3.88. The molecular formula is C13H25N3S. The number of nitrogens with zero attached hydrogens (tertiary/aromatic N) is 2. The Hall–Kier alpha value is 0.230. The summed E-state index contributed by atoms with van der Waals surface area (Å²) < 4.78 is 0. The summed E-state index contributed by atoms with van der Waals surface area (Å²) >= 11 is 2.09. The normalized spacial score (nSPS) is 44.1. The minimum Gasteiger partial charge on any atom is -0.329 e. The Morgan fingerprint density at radius 2 is 2.12 bits per heavy atom. The van der Waals surface area contributed by atoms with E-state index in [0.29, 0.717) is 5.54 Å². The van der Waals surface area contributed by atoms with Crippen molar-refractivity contribution in [2.75, 3.05) is 38.2 Å². The van der Waals surface area contributed by atoms with Crippen LogP contribution in [0, 0.1) is 0 Å². The zero-order valence-corrected chi connectivity index (χ0v) is 11.7. The summed E-state index contributed by atoms with van der Waals surface area (Å²) in [5.41, 5.74) is 6.44. The molecule has 4 heteroatoms. The van der Waals surface area contributed by atoms with Crippen LogP contribution < -0.4 is 5.73 Å². The number of hydrogen-bond donors (Lipinski definition) is 1. The number of hydrogen-bond acceptors (Lipinski definition) is 4. The summed E-state index contributed by atoms with van der Waals surface area (Å²) in [5, 5.41) is 0. The second-order valence-corrected chi connectivity index (χ2v) is 7.12. The first-order valence-electron chi connectivity index (χ1n) is 7.00. The van der Waals surface area contributed by atoms with Crippen molar-refractivity contribution in [1.82, 2.24) is 9.80 Å². The second-order valence-electron chi connectivity index (χ2n) is 6.02. The average Bonchev–Trinajstić information content (AvgIpc) is 2.87. The van der Waals surface area contributed by atoms with Crippen molar-refractivity contribution in [2.45, 2.75) is 43.3 Å². The highest BCUT2D eigenvalue weighted by Crippen LogP contribution is 2.37. The van der Waals surface area contributed by atoms with E-state index in [-0.39, 0.29) is 0 Å². The highest BCUT2D eigenvalue weighted by Gasteiger charge is 2.43. The predicted octanol–water partition coefficient (Wildman–Crippen LogP) is 0.989. The maximum Gasteiger partial charge on any atom is 0.0430 e. The summed E-state index contributed by atoms with van der Waals surface area (Å²) in [6, 6.07) is 1.63. The molecule has 3 unspecified atom stereocenters. The van der Waals surface area contributed by atoms with Crippen molar-refractivity contribution in [1.29, 1.82) is 0 Å². The Kier molecular flexibility index (Phi) is 3.41. The fraction of sp³-hybridized carbons (Fsp3) is 1.00. The summed E-state index contributed by atoms with van der Waals surface area (Å²) in [4.78, 5) is 5.37. The standard InChI is InChI=1S/C13H25N3S/c1-15-11-2-3-12(15)8-16(6-4-11)13(9-14)5-7-17-10-13/h11-12H,2-10,14H2,1H3. The van der Waals surface area contributed by atoms with Gasteiger partial charge in [-0.15, -0.1) is 0 Å². The molecule has 0 saturated carbocycles. The summed E-state index contributed by atoms with van der Waals surface area (Å²) in [6.45, 7) is 3.37. The molecule has 17 heavy (non-hydrogen) atoms. The van der Waals surface area contributed by atoms with E-state index in [1.54, 1.807) is 0 Å². The quantitative estimate of drug-likeness (QED) is 0.797. The molecule has 3 nitrogen and oxygen atoms in total. The summed E-state index contributed by atoms with van der Waals surface area (Å²) in [5.74, 6) is 2.56. The van der Waals surface area contributed by atoms with E-state index < -0.39 is 0 Å². The smallest absolute Gasteiger partial charge is 0.0430 e. The monoisotopic (exact) mass is 255 g/mol. The van der Waals surface area contributed by atoms with Crippen LogP contribution in [0.15, 0.2) is 0 Å². The summed E-state index contributed by atoms with van der Waals surface area (Å²) in [7, 11) is 2.32.